The van der Waals surface area contributed by atoms with E-state index < -0.39 is 5.56 Å². The van der Waals surface area contributed by atoms with Crippen LogP contribution < -0.4 is 5.56 Å². The van der Waals surface area contributed by atoms with E-state index in [2.05, 4.69) is 9.97 Å². The van der Waals surface area contributed by atoms with Gasteiger partial charge in [-0.3, -0.25) is 9.59 Å². The average Bonchev–Trinajstić information content (AvgIpc) is 2.74. The van der Waals surface area contributed by atoms with Gasteiger partial charge >= 0.3 is 0 Å². The minimum absolute atomic E-state index is 0.0464. The number of rotatable bonds is 3. The molecular weight excluding hydrogens is 354 g/mol. The van der Waals surface area contributed by atoms with Crippen molar-refractivity contribution in [1.29, 1.82) is 0 Å². The quantitative estimate of drug-likeness (QED) is 0.764. The molecule has 2 aromatic carbocycles. The van der Waals surface area contributed by atoms with Crippen LogP contribution in [0.25, 0.3) is 11.4 Å². The molecule has 28 heavy (non-hydrogen) atoms. The van der Waals surface area contributed by atoms with Crippen LogP contribution in [0.3, 0.4) is 0 Å². The molecule has 3 aromatic rings. The number of carbonyl (C=O) groups is 1. The molecule has 0 aliphatic carbocycles. The SMILES string of the molecule is Cc1cccc(-c2ncc(C(=O)N3CCOC(c4ccccc4)C3)c(=O)[nH]2)c1. The number of hydrogen-bond acceptors (Lipinski definition) is 4. The van der Waals surface area contributed by atoms with Crippen molar-refractivity contribution >= 4 is 5.91 Å². The van der Waals surface area contributed by atoms with E-state index in [0.717, 1.165) is 16.7 Å². The first kappa shape index (κ1) is 18.1. The van der Waals surface area contributed by atoms with Gasteiger partial charge in [-0.05, 0) is 18.6 Å². The Morgan fingerprint density at radius 1 is 1.18 bits per heavy atom. The lowest BCUT2D eigenvalue weighted by atomic mass is 10.1. The second-order valence-corrected chi connectivity index (χ2v) is 6.87. The monoisotopic (exact) mass is 375 g/mol. The molecule has 1 atom stereocenters. The Hall–Kier alpha value is -3.25. The lowest BCUT2D eigenvalue weighted by Crippen LogP contribution is -2.44. The number of carbonyl (C=O) groups excluding carboxylic acids is 1. The largest absolute Gasteiger partial charge is 0.370 e. The van der Waals surface area contributed by atoms with Crippen molar-refractivity contribution in [3.63, 3.8) is 0 Å². The zero-order chi connectivity index (χ0) is 19.5. The summed E-state index contributed by atoms with van der Waals surface area (Å²) in [6.45, 7) is 3.25. The molecule has 1 aliphatic heterocycles. The van der Waals surface area contributed by atoms with E-state index >= 15 is 0 Å². The molecule has 1 unspecified atom stereocenters. The molecule has 142 valence electrons. The van der Waals surface area contributed by atoms with Gasteiger partial charge in [0.25, 0.3) is 11.5 Å². The molecule has 0 radical (unpaired) electrons. The summed E-state index contributed by atoms with van der Waals surface area (Å²) in [4.78, 5) is 34.2. The Labute approximate surface area is 162 Å². The number of ether oxygens (including phenoxy) is 1. The van der Waals surface area contributed by atoms with Gasteiger partial charge in [0.15, 0.2) is 0 Å². The topological polar surface area (TPSA) is 75.3 Å². The molecule has 1 fully saturated rings. The van der Waals surface area contributed by atoms with E-state index in [0.29, 0.717) is 25.5 Å². The number of aryl methyl sites for hydroxylation is 1. The van der Waals surface area contributed by atoms with Crippen molar-refractivity contribution in [3.05, 3.63) is 87.8 Å². The van der Waals surface area contributed by atoms with E-state index in [1.165, 1.54) is 6.20 Å². The molecule has 1 amide bonds. The van der Waals surface area contributed by atoms with E-state index in [1.54, 1.807) is 4.90 Å². The van der Waals surface area contributed by atoms with E-state index in [4.69, 9.17) is 4.74 Å². The van der Waals surface area contributed by atoms with Gasteiger partial charge in [-0.25, -0.2) is 4.98 Å². The molecule has 1 saturated heterocycles. The minimum atomic E-state index is -0.431. The van der Waals surface area contributed by atoms with E-state index in [9.17, 15) is 9.59 Å². The summed E-state index contributed by atoms with van der Waals surface area (Å²) >= 11 is 0. The summed E-state index contributed by atoms with van der Waals surface area (Å²) in [6.07, 6.45) is 1.17. The first-order valence-corrected chi connectivity index (χ1v) is 9.24. The van der Waals surface area contributed by atoms with Gasteiger partial charge in [0.05, 0.1) is 13.2 Å². The highest BCUT2D eigenvalue weighted by Crippen LogP contribution is 2.23. The average molecular weight is 375 g/mol. The highest BCUT2D eigenvalue weighted by Gasteiger charge is 2.27. The lowest BCUT2D eigenvalue weighted by molar-refractivity contribution is -0.0229. The van der Waals surface area contributed by atoms with Crippen molar-refractivity contribution in [2.24, 2.45) is 0 Å². The van der Waals surface area contributed by atoms with Crippen molar-refractivity contribution in [1.82, 2.24) is 14.9 Å². The first-order chi connectivity index (χ1) is 13.6. The number of amides is 1. The zero-order valence-electron chi connectivity index (χ0n) is 15.6. The Balaban J connectivity index is 1.55. The molecule has 0 saturated carbocycles. The number of hydrogen-bond donors (Lipinski definition) is 1. The van der Waals surface area contributed by atoms with Crippen LogP contribution in [0.2, 0.25) is 0 Å². The minimum Gasteiger partial charge on any atom is -0.370 e. The predicted molar refractivity (Wildman–Crippen MR) is 106 cm³/mol. The lowest BCUT2D eigenvalue weighted by Gasteiger charge is -2.33. The molecule has 2 heterocycles. The highest BCUT2D eigenvalue weighted by molar-refractivity contribution is 5.93. The fourth-order valence-corrected chi connectivity index (χ4v) is 3.36. The maximum absolute atomic E-state index is 12.9. The molecule has 1 aromatic heterocycles. The Morgan fingerprint density at radius 3 is 2.75 bits per heavy atom. The van der Waals surface area contributed by atoms with E-state index in [1.807, 2.05) is 61.5 Å². The standard InChI is InChI=1S/C22H21N3O3/c1-15-6-5-9-17(12-15)20-23-13-18(21(26)24-20)22(27)25-10-11-28-19(14-25)16-7-3-2-4-8-16/h2-9,12-13,19H,10-11,14H2,1H3,(H,23,24,26). The van der Waals surface area contributed by atoms with Gasteiger partial charge in [-0.15, -0.1) is 0 Å². The number of H-pyrrole nitrogens is 1. The van der Waals surface area contributed by atoms with Gasteiger partial charge in [0.1, 0.15) is 17.5 Å². The molecule has 1 aliphatic rings. The maximum atomic E-state index is 12.9. The molecule has 6 heteroatoms. The smallest absolute Gasteiger partial charge is 0.264 e. The van der Waals surface area contributed by atoms with Crippen molar-refractivity contribution in [2.75, 3.05) is 19.7 Å². The van der Waals surface area contributed by atoms with Crippen LogP contribution in [0, 0.1) is 6.92 Å². The Morgan fingerprint density at radius 2 is 2.00 bits per heavy atom. The Bertz CT molecular complexity index is 1050. The second-order valence-electron chi connectivity index (χ2n) is 6.87. The summed E-state index contributed by atoms with van der Waals surface area (Å²) in [5.41, 5.74) is 2.51. The number of nitrogens with one attached hydrogen (secondary N) is 1. The molecule has 0 bridgehead atoms. The zero-order valence-corrected chi connectivity index (χ0v) is 15.6. The number of morpholine rings is 1. The summed E-state index contributed by atoms with van der Waals surface area (Å²) < 4.78 is 5.80. The normalized spacial score (nSPS) is 16.8. The van der Waals surface area contributed by atoms with Crippen LogP contribution in [0.5, 0.6) is 0 Å². The van der Waals surface area contributed by atoms with Crippen molar-refractivity contribution in [2.45, 2.75) is 13.0 Å². The second kappa shape index (κ2) is 7.78. The van der Waals surface area contributed by atoms with Crippen LogP contribution in [-0.4, -0.2) is 40.5 Å². The maximum Gasteiger partial charge on any atom is 0.264 e. The van der Waals surface area contributed by atoms with Gasteiger partial charge in [0, 0.05) is 18.3 Å². The van der Waals surface area contributed by atoms with Crippen molar-refractivity contribution < 1.29 is 9.53 Å². The summed E-state index contributed by atoms with van der Waals surface area (Å²) in [5, 5.41) is 0. The molecule has 4 rings (SSSR count). The van der Waals surface area contributed by atoms with Gasteiger partial charge in [0.2, 0.25) is 0 Å². The fraction of sp³-hybridized carbons (Fsp3) is 0.227. The highest BCUT2D eigenvalue weighted by atomic mass is 16.5. The van der Waals surface area contributed by atoms with Crippen LogP contribution in [0.1, 0.15) is 27.6 Å². The van der Waals surface area contributed by atoms with Crippen LogP contribution in [-0.2, 0) is 4.74 Å². The summed E-state index contributed by atoms with van der Waals surface area (Å²) in [7, 11) is 0. The summed E-state index contributed by atoms with van der Waals surface area (Å²) in [5.74, 6) is 0.128. The summed E-state index contributed by atoms with van der Waals surface area (Å²) in [6, 6.07) is 17.5. The van der Waals surface area contributed by atoms with Crippen LogP contribution in [0.15, 0.2) is 65.6 Å². The molecular formula is C22H21N3O3. The van der Waals surface area contributed by atoms with Gasteiger partial charge in [-0.2, -0.15) is 0 Å². The third kappa shape index (κ3) is 3.73. The molecule has 0 spiro atoms. The van der Waals surface area contributed by atoms with Crippen LogP contribution in [0.4, 0.5) is 0 Å². The number of aromatic nitrogens is 2. The third-order valence-corrected chi connectivity index (χ3v) is 4.85. The Kier molecular flexibility index (Phi) is 5.04. The fourth-order valence-electron chi connectivity index (χ4n) is 3.36. The molecule has 6 nitrogen and oxygen atoms in total. The number of aromatic amines is 1. The van der Waals surface area contributed by atoms with Crippen LogP contribution >= 0.6 is 0 Å². The van der Waals surface area contributed by atoms with E-state index in [-0.39, 0.29) is 17.6 Å². The molecule has 1 N–H and O–H groups in total. The van der Waals surface area contributed by atoms with Gasteiger partial charge in [-0.1, -0.05) is 54.1 Å². The number of nitrogens with zero attached hydrogens (tertiary/aromatic N) is 2. The number of benzene rings is 2. The first-order valence-electron chi connectivity index (χ1n) is 9.24. The third-order valence-electron chi connectivity index (χ3n) is 4.85. The predicted octanol–water partition coefficient (Wildman–Crippen LogP) is 2.96. The van der Waals surface area contributed by atoms with Crippen molar-refractivity contribution in [3.8, 4) is 11.4 Å². The van der Waals surface area contributed by atoms with Gasteiger partial charge < -0.3 is 14.6 Å².